The molecule has 14 heavy (non-hydrogen) atoms. The minimum atomic E-state index is 0.614. The summed E-state index contributed by atoms with van der Waals surface area (Å²) in [6.45, 7) is 5.35. The molecule has 1 nitrogen and oxygen atoms in total. The van der Waals surface area contributed by atoms with Crippen molar-refractivity contribution in [2.45, 2.75) is 39.0 Å². The summed E-state index contributed by atoms with van der Waals surface area (Å²) in [5.74, 6) is 1.72. The van der Waals surface area contributed by atoms with Crippen molar-refractivity contribution in [2.24, 2.45) is 0 Å². The van der Waals surface area contributed by atoms with E-state index in [9.17, 15) is 0 Å². The Labute approximate surface area is 86.1 Å². The van der Waals surface area contributed by atoms with Crippen LogP contribution in [0.1, 0.15) is 43.7 Å². The highest BCUT2D eigenvalue weighted by atomic mass is 16.5. The Balaban J connectivity index is 2.32. The third-order valence-electron chi connectivity index (χ3n) is 2.85. The highest BCUT2D eigenvalue weighted by Crippen LogP contribution is 2.27. The van der Waals surface area contributed by atoms with Gasteiger partial charge in [-0.25, -0.2) is 0 Å². The third kappa shape index (κ3) is 1.92. The zero-order valence-electron chi connectivity index (χ0n) is 9.05. The van der Waals surface area contributed by atoms with Crippen LogP contribution < -0.4 is 4.74 Å². The molecular formula is C13H18O. The summed E-state index contributed by atoms with van der Waals surface area (Å²) in [5, 5.41) is 0. The van der Waals surface area contributed by atoms with Crippen LogP contribution in [-0.2, 0) is 6.42 Å². The van der Waals surface area contributed by atoms with E-state index in [0.717, 1.165) is 12.4 Å². The Morgan fingerprint density at radius 1 is 1.21 bits per heavy atom. The van der Waals surface area contributed by atoms with Gasteiger partial charge < -0.3 is 4.74 Å². The molecule has 0 unspecified atom stereocenters. The zero-order chi connectivity index (χ0) is 9.97. The van der Waals surface area contributed by atoms with Gasteiger partial charge in [0.15, 0.2) is 0 Å². The minimum absolute atomic E-state index is 0.614. The second kappa shape index (κ2) is 4.04. The molecule has 0 bridgehead atoms. The molecule has 0 saturated heterocycles. The Kier molecular flexibility index (Phi) is 2.76. The molecule has 0 aliphatic carbocycles. The number of hydrogen-bond acceptors (Lipinski definition) is 1. The quantitative estimate of drug-likeness (QED) is 0.658. The van der Waals surface area contributed by atoms with Crippen LogP contribution in [0.4, 0.5) is 0 Å². The molecule has 0 aromatic heterocycles. The second-order valence-electron chi connectivity index (χ2n) is 4.33. The fraction of sp³-hybridized carbons (Fsp3) is 0.538. The number of rotatable bonds is 1. The highest BCUT2D eigenvalue weighted by molar-refractivity contribution is 5.38. The van der Waals surface area contributed by atoms with Crippen LogP contribution in [0.3, 0.4) is 0 Å². The lowest BCUT2D eigenvalue weighted by atomic mass is 9.98. The molecular weight excluding hydrogens is 172 g/mol. The van der Waals surface area contributed by atoms with Crippen LogP contribution in [0.15, 0.2) is 18.2 Å². The summed E-state index contributed by atoms with van der Waals surface area (Å²) in [6, 6.07) is 6.64. The smallest absolute Gasteiger partial charge is 0.122 e. The minimum Gasteiger partial charge on any atom is -0.493 e. The monoisotopic (exact) mass is 190 g/mol. The lowest BCUT2D eigenvalue weighted by Gasteiger charge is -2.11. The fourth-order valence-corrected chi connectivity index (χ4v) is 1.89. The molecule has 0 atom stereocenters. The van der Waals surface area contributed by atoms with Crippen molar-refractivity contribution in [3.63, 3.8) is 0 Å². The molecule has 76 valence electrons. The Bertz CT molecular complexity index is 315. The first-order chi connectivity index (χ1) is 6.77. The average Bonchev–Trinajstić information content (AvgIpc) is 2.41. The Hall–Kier alpha value is -0.980. The molecule has 0 fully saturated rings. The van der Waals surface area contributed by atoms with Crippen molar-refractivity contribution in [3.05, 3.63) is 29.3 Å². The van der Waals surface area contributed by atoms with Crippen LogP contribution in [0.2, 0.25) is 0 Å². The second-order valence-corrected chi connectivity index (χ2v) is 4.33. The van der Waals surface area contributed by atoms with E-state index in [4.69, 9.17) is 4.74 Å². The normalized spacial score (nSPS) is 15.9. The number of aryl methyl sites for hydroxylation is 1. The van der Waals surface area contributed by atoms with Crippen molar-refractivity contribution in [3.8, 4) is 5.75 Å². The highest BCUT2D eigenvalue weighted by Gasteiger charge is 2.10. The first-order valence-electron chi connectivity index (χ1n) is 5.53. The molecule has 1 heteroatoms. The van der Waals surface area contributed by atoms with Crippen LogP contribution in [0, 0.1) is 0 Å². The Morgan fingerprint density at radius 3 is 2.86 bits per heavy atom. The molecule has 1 aromatic carbocycles. The molecule has 0 N–H and O–H groups in total. The summed E-state index contributed by atoms with van der Waals surface area (Å²) in [7, 11) is 0. The maximum Gasteiger partial charge on any atom is 0.122 e. The lowest BCUT2D eigenvalue weighted by Crippen LogP contribution is -1.96. The topological polar surface area (TPSA) is 9.23 Å². The average molecular weight is 190 g/mol. The first kappa shape index (κ1) is 9.57. The number of fused-ring (bicyclic) bond motifs is 1. The largest absolute Gasteiger partial charge is 0.493 e. The van der Waals surface area contributed by atoms with Gasteiger partial charge in [-0.1, -0.05) is 26.0 Å². The SMILES string of the molecule is CC(C)c1ccc2c(c1)CCCCO2. The van der Waals surface area contributed by atoms with E-state index in [-0.39, 0.29) is 0 Å². The standard InChI is InChI=1S/C13H18O/c1-10(2)11-6-7-13-12(9-11)5-3-4-8-14-13/h6-7,9-10H,3-5,8H2,1-2H3. The van der Waals surface area contributed by atoms with E-state index in [0.29, 0.717) is 5.92 Å². The van der Waals surface area contributed by atoms with Crippen LogP contribution in [0.25, 0.3) is 0 Å². The summed E-state index contributed by atoms with van der Waals surface area (Å²) < 4.78 is 5.68. The molecule has 1 aliphatic rings. The lowest BCUT2D eigenvalue weighted by molar-refractivity contribution is 0.317. The van der Waals surface area contributed by atoms with Gasteiger partial charge in [-0.15, -0.1) is 0 Å². The van der Waals surface area contributed by atoms with Crippen molar-refractivity contribution >= 4 is 0 Å². The van der Waals surface area contributed by atoms with E-state index in [1.54, 1.807) is 0 Å². The predicted octanol–water partition coefficient (Wildman–Crippen LogP) is 3.53. The molecule has 1 aliphatic heterocycles. The van der Waals surface area contributed by atoms with Gasteiger partial charge in [0.1, 0.15) is 5.75 Å². The van der Waals surface area contributed by atoms with Gasteiger partial charge in [0.2, 0.25) is 0 Å². The molecule has 1 heterocycles. The van der Waals surface area contributed by atoms with Crippen molar-refractivity contribution in [1.29, 1.82) is 0 Å². The van der Waals surface area contributed by atoms with Gasteiger partial charge in [-0.05, 0) is 42.4 Å². The van der Waals surface area contributed by atoms with E-state index in [1.807, 2.05) is 0 Å². The predicted molar refractivity (Wildman–Crippen MR) is 59.0 cm³/mol. The molecule has 1 aromatic rings. The maximum atomic E-state index is 5.68. The van der Waals surface area contributed by atoms with Crippen LogP contribution >= 0.6 is 0 Å². The molecule has 2 rings (SSSR count). The van der Waals surface area contributed by atoms with Crippen LogP contribution in [0.5, 0.6) is 5.75 Å². The third-order valence-corrected chi connectivity index (χ3v) is 2.85. The Morgan fingerprint density at radius 2 is 2.07 bits per heavy atom. The van der Waals surface area contributed by atoms with Crippen LogP contribution in [-0.4, -0.2) is 6.61 Å². The van der Waals surface area contributed by atoms with Crippen molar-refractivity contribution in [2.75, 3.05) is 6.61 Å². The van der Waals surface area contributed by atoms with Gasteiger partial charge >= 0.3 is 0 Å². The molecule has 0 spiro atoms. The van der Waals surface area contributed by atoms with Crippen molar-refractivity contribution < 1.29 is 4.74 Å². The number of ether oxygens (including phenoxy) is 1. The summed E-state index contributed by atoms with van der Waals surface area (Å²) >= 11 is 0. The van der Waals surface area contributed by atoms with Gasteiger partial charge in [-0.3, -0.25) is 0 Å². The van der Waals surface area contributed by atoms with Crippen molar-refractivity contribution in [1.82, 2.24) is 0 Å². The van der Waals surface area contributed by atoms with E-state index in [1.165, 1.54) is 30.4 Å². The molecule has 0 radical (unpaired) electrons. The zero-order valence-corrected chi connectivity index (χ0v) is 9.05. The summed E-state index contributed by atoms with van der Waals surface area (Å²) in [6.07, 6.45) is 3.62. The first-order valence-corrected chi connectivity index (χ1v) is 5.53. The number of benzene rings is 1. The number of hydrogen-bond donors (Lipinski definition) is 0. The van der Waals surface area contributed by atoms with E-state index in [2.05, 4.69) is 32.0 Å². The summed E-state index contributed by atoms with van der Waals surface area (Å²) in [5.41, 5.74) is 2.82. The summed E-state index contributed by atoms with van der Waals surface area (Å²) in [4.78, 5) is 0. The van der Waals surface area contributed by atoms with Gasteiger partial charge in [0.05, 0.1) is 6.61 Å². The molecule has 0 saturated carbocycles. The molecule has 0 amide bonds. The van der Waals surface area contributed by atoms with E-state index >= 15 is 0 Å². The van der Waals surface area contributed by atoms with E-state index < -0.39 is 0 Å². The fourth-order valence-electron chi connectivity index (χ4n) is 1.89. The van der Waals surface area contributed by atoms with Gasteiger partial charge in [0.25, 0.3) is 0 Å². The van der Waals surface area contributed by atoms with Gasteiger partial charge in [0, 0.05) is 0 Å². The van der Waals surface area contributed by atoms with Gasteiger partial charge in [-0.2, -0.15) is 0 Å². The maximum absolute atomic E-state index is 5.68.